The largest absolute Gasteiger partial charge is 0.481 e. The Morgan fingerprint density at radius 3 is 2.08 bits per heavy atom. The number of hydrogen-bond donors (Lipinski definition) is 9. The lowest BCUT2D eigenvalue weighted by atomic mass is 10.0. The summed E-state index contributed by atoms with van der Waals surface area (Å²) in [5.41, 5.74) is 12.1. The molecule has 0 aliphatic rings. The van der Waals surface area contributed by atoms with E-state index in [1.165, 1.54) is 0 Å². The van der Waals surface area contributed by atoms with Crippen LogP contribution in [-0.4, -0.2) is 86.6 Å². The van der Waals surface area contributed by atoms with Crippen molar-refractivity contribution in [2.75, 3.05) is 6.61 Å². The third-order valence-electron chi connectivity index (χ3n) is 5.85. The van der Waals surface area contributed by atoms with Gasteiger partial charge in [-0.1, -0.05) is 18.2 Å². The lowest BCUT2D eigenvalue weighted by molar-refractivity contribution is -0.143. The molecule has 4 amide bonds. The first kappa shape index (κ1) is 30.7. The number of aromatic amines is 1. The molecule has 15 nitrogen and oxygen atoms in total. The van der Waals surface area contributed by atoms with Gasteiger partial charge in [0.1, 0.15) is 18.1 Å². The Labute approximate surface area is 222 Å². The number of aliphatic hydroxyl groups is 1. The van der Waals surface area contributed by atoms with Gasteiger partial charge < -0.3 is 47.7 Å². The predicted molar refractivity (Wildman–Crippen MR) is 136 cm³/mol. The summed E-state index contributed by atoms with van der Waals surface area (Å²) in [6, 6.07) is 1.46. The summed E-state index contributed by atoms with van der Waals surface area (Å²) < 4.78 is 0. The van der Waals surface area contributed by atoms with E-state index in [4.69, 9.17) is 16.6 Å². The summed E-state index contributed by atoms with van der Waals surface area (Å²) in [5, 5.41) is 35.6. The number of rotatable bonds is 16. The number of amides is 4. The zero-order valence-electron chi connectivity index (χ0n) is 20.9. The molecule has 0 bridgehead atoms. The molecule has 1 aromatic carbocycles. The number of carbonyl (C=O) groups is 6. The van der Waals surface area contributed by atoms with Crippen molar-refractivity contribution in [3.8, 4) is 0 Å². The Morgan fingerprint density at radius 2 is 1.46 bits per heavy atom. The van der Waals surface area contributed by atoms with Gasteiger partial charge in [-0.3, -0.25) is 24.0 Å². The van der Waals surface area contributed by atoms with E-state index in [9.17, 15) is 39.0 Å². The number of carbonyl (C=O) groups excluding carboxylic acids is 4. The Balaban J connectivity index is 2.23. The summed E-state index contributed by atoms with van der Waals surface area (Å²) in [5.74, 6) is -6.13. The Bertz CT molecular complexity index is 1210. The topological polar surface area (TPSA) is 267 Å². The number of nitrogens with two attached hydrogens (primary N) is 2. The molecule has 0 saturated heterocycles. The molecular formula is C24H32N6O9. The zero-order valence-corrected chi connectivity index (χ0v) is 20.9. The smallest absolute Gasteiger partial charge is 0.326 e. The molecule has 1 aromatic heterocycles. The first-order chi connectivity index (χ1) is 18.4. The van der Waals surface area contributed by atoms with Gasteiger partial charge in [-0.15, -0.1) is 0 Å². The lowest BCUT2D eigenvalue weighted by Gasteiger charge is -2.24. The first-order valence-corrected chi connectivity index (χ1v) is 12.0. The fraction of sp³-hybridized carbons (Fsp3) is 0.417. The molecular weight excluding hydrogens is 516 g/mol. The fourth-order valence-corrected chi connectivity index (χ4v) is 3.70. The molecule has 0 aliphatic carbocycles. The molecule has 0 saturated carbocycles. The average molecular weight is 549 g/mol. The number of benzene rings is 1. The third kappa shape index (κ3) is 9.39. The number of aliphatic hydroxyl groups excluding tert-OH is 1. The van der Waals surface area contributed by atoms with Crippen LogP contribution in [0.4, 0.5) is 0 Å². The van der Waals surface area contributed by atoms with Crippen LogP contribution >= 0.6 is 0 Å². The number of H-pyrrole nitrogens is 1. The second-order valence-electron chi connectivity index (χ2n) is 8.81. The van der Waals surface area contributed by atoms with Crippen molar-refractivity contribution in [1.29, 1.82) is 0 Å². The molecule has 0 fully saturated rings. The normalized spacial score (nSPS) is 14.0. The lowest BCUT2D eigenvalue weighted by Crippen LogP contribution is -2.58. The van der Waals surface area contributed by atoms with E-state index >= 15 is 0 Å². The maximum Gasteiger partial charge on any atom is 0.326 e. The highest BCUT2D eigenvalue weighted by Gasteiger charge is 2.31. The highest BCUT2D eigenvalue weighted by molar-refractivity contribution is 5.95. The van der Waals surface area contributed by atoms with Crippen LogP contribution in [0.3, 0.4) is 0 Å². The number of nitrogens with one attached hydrogen (secondary N) is 4. The molecule has 0 aliphatic heterocycles. The highest BCUT2D eigenvalue weighted by atomic mass is 16.4. The van der Waals surface area contributed by atoms with Crippen molar-refractivity contribution in [3.63, 3.8) is 0 Å². The number of carboxylic acid groups (broad SMARTS) is 2. The molecule has 2 aromatic rings. The average Bonchev–Trinajstić information content (AvgIpc) is 3.29. The van der Waals surface area contributed by atoms with E-state index in [1.807, 2.05) is 0 Å². The van der Waals surface area contributed by atoms with E-state index in [-0.39, 0.29) is 19.3 Å². The van der Waals surface area contributed by atoms with Gasteiger partial charge in [0.05, 0.1) is 12.6 Å². The number of hydrogen-bond acceptors (Lipinski definition) is 8. The van der Waals surface area contributed by atoms with Crippen molar-refractivity contribution >= 4 is 46.5 Å². The third-order valence-corrected chi connectivity index (χ3v) is 5.85. The van der Waals surface area contributed by atoms with E-state index in [2.05, 4.69) is 20.9 Å². The molecule has 0 radical (unpaired) electrons. The minimum atomic E-state index is -1.55. The van der Waals surface area contributed by atoms with Gasteiger partial charge >= 0.3 is 11.9 Å². The van der Waals surface area contributed by atoms with Crippen LogP contribution in [0.15, 0.2) is 30.5 Å². The van der Waals surface area contributed by atoms with E-state index in [0.717, 1.165) is 10.9 Å². The Kier molecular flexibility index (Phi) is 11.4. The molecule has 15 heteroatoms. The van der Waals surface area contributed by atoms with Gasteiger partial charge in [-0.05, 0) is 24.5 Å². The van der Waals surface area contributed by atoms with Crippen LogP contribution in [0.2, 0.25) is 0 Å². The SMILES string of the molecule is NC(=O)CCC(N)C(=O)NC(CO)C(=O)NC(Cc1c[nH]c2ccccc12)C(=O)NC(CCC(=O)O)C(=O)O. The van der Waals surface area contributed by atoms with Crippen molar-refractivity contribution in [3.05, 3.63) is 36.0 Å². The van der Waals surface area contributed by atoms with Gasteiger partial charge in [0.2, 0.25) is 23.6 Å². The first-order valence-electron chi connectivity index (χ1n) is 12.0. The molecule has 4 atom stereocenters. The highest BCUT2D eigenvalue weighted by Crippen LogP contribution is 2.19. The van der Waals surface area contributed by atoms with Crippen LogP contribution in [0, 0.1) is 0 Å². The number of carboxylic acids is 2. The quantitative estimate of drug-likeness (QED) is 0.108. The summed E-state index contributed by atoms with van der Waals surface area (Å²) in [6.07, 6.45) is 0.299. The molecule has 0 spiro atoms. The summed E-state index contributed by atoms with van der Waals surface area (Å²) in [4.78, 5) is 74.8. The van der Waals surface area contributed by atoms with Gasteiger partial charge in [0, 0.05) is 36.4 Å². The molecule has 1 heterocycles. The van der Waals surface area contributed by atoms with Crippen molar-refractivity contribution in [1.82, 2.24) is 20.9 Å². The van der Waals surface area contributed by atoms with Crippen LogP contribution in [0.25, 0.3) is 10.9 Å². The van der Waals surface area contributed by atoms with E-state index < -0.39 is 79.2 Å². The Hall–Kier alpha value is -4.50. The van der Waals surface area contributed by atoms with Crippen molar-refractivity contribution in [2.45, 2.75) is 56.3 Å². The maximum atomic E-state index is 13.1. The predicted octanol–water partition coefficient (Wildman–Crippen LogP) is -2.30. The maximum absolute atomic E-state index is 13.1. The van der Waals surface area contributed by atoms with E-state index in [0.29, 0.717) is 5.56 Å². The van der Waals surface area contributed by atoms with Crippen molar-refractivity contribution in [2.24, 2.45) is 11.5 Å². The second kappa shape index (κ2) is 14.4. The van der Waals surface area contributed by atoms with Gasteiger partial charge in [0.15, 0.2) is 0 Å². The van der Waals surface area contributed by atoms with Gasteiger partial charge in [0.25, 0.3) is 0 Å². The number of aliphatic carboxylic acids is 2. The molecule has 39 heavy (non-hydrogen) atoms. The van der Waals surface area contributed by atoms with Crippen molar-refractivity contribution < 1.29 is 44.1 Å². The van der Waals surface area contributed by atoms with Gasteiger partial charge in [-0.25, -0.2) is 4.79 Å². The number of aromatic nitrogens is 1. The standard InChI is InChI=1S/C24H32N6O9/c25-14(5-7-19(26)32)21(35)30-18(11-31)23(37)29-17(9-12-10-27-15-4-2-1-3-13(12)15)22(36)28-16(24(38)39)6-8-20(33)34/h1-4,10,14,16-18,27,31H,5-9,11,25H2,(H2,26,32)(H,28,36)(H,29,37)(H,30,35)(H,33,34)(H,38,39). The number of fused-ring (bicyclic) bond motifs is 1. The molecule has 212 valence electrons. The summed E-state index contributed by atoms with van der Waals surface area (Å²) in [7, 11) is 0. The summed E-state index contributed by atoms with van der Waals surface area (Å²) in [6.45, 7) is -0.863. The molecule has 11 N–H and O–H groups in total. The van der Waals surface area contributed by atoms with Crippen LogP contribution in [0.1, 0.15) is 31.2 Å². The summed E-state index contributed by atoms with van der Waals surface area (Å²) >= 11 is 0. The number of primary amides is 1. The van der Waals surface area contributed by atoms with Gasteiger partial charge in [-0.2, -0.15) is 0 Å². The number of para-hydroxylation sites is 1. The van der Waals surface area contributed by atoms with Crippen LogP contribution < -0.4 is 27.4 Å². The molecule has 2 rings (SSSR count). The zero-order chi connectivity index (χ0) is 29.1. The molecule has 4 unspecified atom stereocenters. The van der Waals surface area contributed by atoms with Crippen LogP contribution in [0.5, 0.6) is 0 Å². The fourth-order valence-electron chi connectivity index (χ4n) is 3.70. The minimum absolute atomic E-state index is 0.0978. The second-order valence-corrected chi connectivity index (χ2v) is 8.81. The minimum Gasteiger partial charge on any atom is -0.481 e. The van der Waals surface area contributed by atoms with Crippen LogP contribution in [-0.2, 0) is 35.2 Å². The van der Waals surface area contributed by atoms with E-state index in [1.54, 1.807) is 30.5 Å². The Morgan fingerprint density at radius 1 is 0.846 bits per heavy atom. The monoisotopic (exact) mass is 548 g/mol.